The largest absolute Gasteiger partial charge is 0.310 e. The van der Waals surface area contributed by atoms with Crippen LogP contribution in [0.2, 0.25) is 0 Å². The van der Waals surface area contributed by atoms with E-state index >= 15 is 4.79 Å². The van der Waals surface area contributed by atoms with Crippen molar-refractivity contribution >= 4 is 44.7 Å². The SMILES string of the molecule is C=C1C(c2ccccc2)=CC=C2C1c1cc(-c3ccccc3)cc3c1N2c1cc(-c2ccccc2)cc2c4cc(-c5ccccc5)ccc4n(c12)C3=O. The summed E-state index contributed by atoms with van der Waals surface area (Å²) in [5.41, 5.74) is 16.6. The maximum absolute atomic E-state index is 15.5. The van der Waals surface area contributed by atoms with Gasteiger partial charge in [-0.1, -0.05) is 140 Å². The summed E-state index contributed by atoms with van der Waals surface area (Å²) in [5, 5.41) is 2.11. The summed E-state index contributed by atoms with van der Waals surface area (Å²) < 4.78 is 1.98. The first kappa shape index (κ1) is 29.7. The molecule has 1 aliphatic carbocycles. The molecule has 1 atom stereocenters. The minimum absolute atomic E-state index is 0.0243. The van der Waals surface area contributed by atoms with Gasteiger partial charge in [0.25, 0.3) is 5.91 Å². The Kier molecular flexibility index (Phi) is 6.32. The van der Waals surface area contributed by atoms with E-state index < -0.39 is 0 Å². The van der Waals surface area contributed by atoms with Gasteiger partial charge in [0, 0.05) is 16.5 Å². The smallest absolute Gasteiger partial charge is 0.265 e. The third-order valence-corrected chi connectivity index (χ3v) is 11.3. The Hall–Kier alpha value is -6.97. The Bertz CT molecular complexity index is 2900. The predicted molar refractivity (Wildman–Crippen MR) is 218 cm³/mol. The molecule has 53 heavy (non-hydrogen) atoms. The minimum Gasteiger partial charge on any atom is -0.310 e. The first-order chi connectivity index (χ1) is 26.1. The summed E-state index contributed by atoms with van der Waals surface area (Å²) in [6.07, 6.45) is 4.46. The van der Waals surface area contributed by atoms with Crippen molar-refractivity contribution in [2.24, 2.45) is 0 Å². The molecule has 3 nitrogen and oxygen atoms in total. The Morgan fingerprint density at radius 2 is 1.08 bits per heavy atom. The van der Waals surface area contributed by atoms with Crippen molar-refractivity contribution in [1.29, 1.82) is 0 Å². The van der Waals surface area contributed by atoms with Crippen molar-refractivity contribution in [3.8, 4) is 33.4 Å². The summed E-state index contributed by atoms with van der Waals surface area (Å²) in [6, 6.07) is 57.4. The fourth-order valence-corrected chi connectivity index (χ4v) is 8.87. The molecule has 0 bridgehead atoms. The first-order valence-corrected chi connectivity index (χ1v) is 18.1. The van der Waals surface area contributed by atoms with Gasteiger partial charge in [-0.2, -0.15) is 0 Å². The lowest BCUT2D eigenvalue weighted by atomic mass is 9.80. The van der Waals surface area contributed by atoms with Gasteiger partial charge in [-0.05, 0) is 98.1 Å². The minimum atomic E-state index is -0.128. The van der Waals surface area contributed by atoms with Crippen LogP contribution in [0.15, 0.2) is 194 Å². The molecule has 0 saturated carbocycles. The molecule has 3 heteroatoms. The summed E-state index contributed by atoms with van der Waals surface area (Å²) >= 11 is 0. The van der Waals surface area contributed by atoms with Crippen LogP contribution in [-0.2, 0) is 0 Å². The van der Waals surface area contributed by atoms with Crippen LogP contribution in [0, 0.1) is 0 Å². The van der Waals surface area contributed by atoms with E-state index in [2.05, 4.69) is 163 Å². The molecule has 8 aromatic rings. The molecule has 0 amide bonds. The highest BCUT2D eigenvalue weighted by molar-refractivity contribution is 6.25. The number of hydrogen-bond acceptors (Lipinski definition) is 2. The second-order valence-electron chi connectivity index (χ2n) is 14.2. The van der Waals surface area contributed by atoms with E-state index in [0.29, 0.717) is 5.56 Å². The molecule has 0 radical (unpaired) electrons. The zero-order chi connectivity index (χ0) is 35.2. The number of rotatable bonds is 4. The van der Waals surface area contributed by atoms with E-state index in [1.54, 1.807) is 0 Å². The van der Waals surface area contributed by atoms with E-state index in [0.717, 1.165) is 94.5 Å². The third kappa shape index (κ3) is 4.31. The Balaban J connectivity index is 1.26. The number of fused-ring (bicyclic) bond motifs is 7. The zero-order valence-electron chi connectivity index (χ0n) is 28.8. The number of hydrogen-bond donors (Lipinski definition) is 0. The number of benzene rings is 7. The van der Waals surface area contributed by atoms with E-state index in [-0.39, 0.29) is 11.8 Å². The fraction of sp³-hybridized carbons (Fsp3) is 0.0200. The van der Waals surface area contributed by atoms with Crippen molar-refractivity contribution in [3.05, 3.63) is 210 Å². The Morgan fingerprint density at radius 3 is 1.72 bits per heavy atom. The highest BCUT2D eigenvalue weighted by Gasteiger charge is 2.44. The van der Waals surface area contributed by atoms with E-state index in [1.807, 2.05) is 22.8 Å². The molecule has 7 aromatic carbocycles. The lowest BCUT2D eigenvalue weighted by Gasteiger charge is -2.28. The molecule has 1 aromatic heterocycles. The standard InChI is InChI=1S/C50H32N2O/c1-31-39(35-20-12-5-13-21-35)23-25-45-47(31)42-28-37(33-16-8-3-9-17-33)29-43-48(42)51(45)46-30-38(34-18-10-4-11-19-34)27-41-40-26-36(32-14-6-2-7-15-32)22-24-44(40)52(49(41)46)50(43)53/h2-30,47H,1H2. The van der Waals surface area contributed by atoms with E-state index in [9.17, 15) is 0 Å². The normalized spacial score (nSPS) is 15.6. The molecule has 3 heterocycles. The van der Waals surface area contributed by atoms with Gasteiger partial charge >= 0.3 is 0 Å². The predicted octanol–water partition coefficient (Wildman–Crippen LogP) is 12.6. The molecule has 11 rings (SSSR count). The topological polar surface area (TPSA) is 25.2 Å². The molecule has 1 unspecified atom stereocenters. The molecule has 0 N–H and O–H groups in total. The quantitative estimate of drug-likeness (QED) is 0.185. The fourth-order valence-electron chi connectivity index (χ4n) is 8.87. The van der Waals surface area contributed by atoms with E-state index in [1.165, 1.54) is 0 Å². The lowest BCUT2D eigenvalue weighted by Crippen LogP contribution is -2.17. The number of allylic oxidation sites excluding steroid dienone is 4. The van der Waals surface area contributed by atoms with Gasteiger partial charge in [0.2, 0.25) is 0 Å². The third-order valence-electron chi connectivity index (χ3n) is 11.3. The highest BCUT2D eigenvalue weighted by atomic mass is 16.2. The second-order valence-corrected chi connectivity index (χ2v) is 14.2. The van der Waals surface area contributed by atoms with Crippen LogP contribution in [-0.4, -0.2) is 10.5 Å². The van der Waals surface area contributed by atoms with Crippen molar-refractivity contribution in [1.82, 2.24) is 4.57 Å². The average molecular weight is 677 g/mol. The van der Waals surface area contributed by atoms with Gasteiger partial charge < -0.3 is 4.90 Å². The number of carbonyl (C=O) groups excluding carboxylic acids is 1. The molecule has 0 spiro atoms. The zero-order valence-corrected chi connectivity index (χ0v) is 28.8. The number of carbonyl (C=O) groups is 1. The summed E-state index contributed by atoms with van der Waals surface area (Å²) in [6.45, 7) is 4.78. The molecule has 2 aliphatic heterocycles. The number of anilines is 2. The van der Waals surface area contributed by atoms with Gasteiger partial charge in [0.1, 0.15) is 0 Å². The lowest BCUT2D eigenvalue weighted by molar-refractivity contribution is 0.0970. The monoisotopic (exact) mass is 676 g/mol. The molecular weight excluding hydrogens is 645 g/mol. The Labute approximate surface area is 307 Å². The van der Waals surface area contributed by atoms with Gasteiger partial charge in [-0.25, -0.2) is 0 Å². The molecule has 0 saturated heterocycles. The van der Waals surface area contributed by atoms with Crippen LogP contribution in [0.1, 0.15) is 27.4 Å². The van der Waals surface area contributed by atoms with Crippen LogP contribution >= 0.6 is 0 Å². The first-order valence-electron chi connectivity index (χ1n) is 18.1. The molecular formula is C50H32N2O. The van der Waals surface area contributed by atoms with Crippen LogP contribution < -0.4 is 4.90 Å². The molecule has 0 fully saturated rings. The second kappa shape index (κ2) is 11.3. The molecule has 3 aliphatic rings. The van der Waals surface area contributed by atoms with Crippen LogP contribution in [0.5, 0.6) is 0 Å². The van der Waals surface area contributed by atoms with Crippen molar-refractivity contribution < 1.29 is 4.79 Å². The highest BCUT2D eigenvalue weighted by Crippen LogP contribution is 2.59. The van der Waals surface area contributed by atoms with E-state index in [4.69, 9.17) is 6.58 Å². The van der Waals surface area contributed by atoms with Crippen molar-refractivity contribution in [2.45, 2.75) is 5.92 Å². The van der Waals surface area contributed by atoms with Crippen molar-refractivity contribution in [2.75, 3.05) is 4.90 Å². The maximum atomic E-state index is 15.5. The summed E-state index contributed by atoms with van der Waals surface area (Å²) in [5.74, 6) is -0.153. The number of nitrogens with zero attached hydrogens (tertiary/aromatic N) is 2. The van der Waals surface area contributed by atoms with Crippen LogP contribution in [0.25, 0.3) is 60.8 Å². The maximum Gasteiger partial charge on any atom is 0.265 e. The average Bonchev–Trinajstić information content (AvgIpc) is 3.71. The summed E-state index contributed by atoms with van der Waals surface area (Å²) in [4.78, 5) is 17.8. The van der Waals surface area contributed by atoms with Gasteiger partial charge in [-0.3, -0.25) is 9.36 Å². The molecule has 248 valence electrons. The summed E-state index contributed by atoms with van der Waals surface area (Å²) in [7, 11) is 0. The van der Waals surface area contributed by atoms with Crippen LogP contribution in [0.4, 0.5) is 11.4 Å². The van der Waals surface area contributed by atoms with Gasteiger partial charge in [0.05, 0.1) is 33.9 Å². The van der Waals surface area contributed by atoms with Crippen LogP contribution in [0.3, 0.4) is 0 Å². The van der Waals surface area contributed by atoms with Gasteiger partial charge in [0.15, 0.2) is 0 Å². The van der Waals surface area contributed by atoms with Crippen molar-refractivity contribution in [3.63, 3.8) is 0 Å². The number of aromatic nitrogens is 1. The Morgan fingerprint density at radius 1 is 0.509 bits per heavy atom. The van der Waals surface area contributed by atoms with Gasteiger partial charge in [-0.15, -0.1) is 0 Å².